The summed E-state index contributed by atoms with van der Waals surface area (Å²) in [7, 11) is -3.67. The molecule has 0 atom stereocenters. The third-order valence-electron chi connectivity index (χ3n) is 3.70. The van der Waals surface area contributed by atoms with E-state index in [2.05, 4.69) is 15.9 Å². The molecule has 0 amide bonds. The Bertz CT molecular complexity index is 548. The second-order valence-corrected chi connectivity index (χ2v) is 7.32. The molecule has 3 nitrogen and oxygen atoms in total. The van der Waals surface area contributed by atoms with Crippen molar-refractivity contribution >= 4 is 26.0 Å². The van der Waals surface area contributed by atoms with Crippen molar-refractivity contribution in [2.45, 2.75) is 49.8 Å². The van der Waals surface area contributed by atoms with Crippen LogP contribution in [0.1, 0.15) is 49.1 Å². The van der Waals surface area contributed by atoms with Crippen LogP contribution in [0.3, 0.4) is 0 Å². The first-order chi connectivity index (χ1) is 8.41. The number of halogens is 1. The number of nitrogens with two attached hydrogens (primary N) is 1. The highest BCUT2D eigenvalue weighted by atomic mass is 79.9. The number of benzene rings is 1. The van der Waals surface area contributed by atoms with Crippen molar-refractivity contribution in [3.05, 3.63) is 27.7 Å². The third kappa shape index (κ3) is 2.78. The zero-order valence-corrected chi connectivity index (χ0v) is 12.9. The molecule has 1 aromatic carbocycles. The molecule has 1 aliphatic rings. The molecule has 1 fully saturated rings. The van der Waals surface area contributed by atoms with Crippen molar-refractivity contribution in [2.75, 3.05) is 0 Å². The monoisotopic (exact) mass is 331 g/mol. The summed E-state index contributed by atoms with van der Waals surface area (Å²) in [4.78, 5) is 0.323. The van der Waals surface area contributed by atoms with Crippen LogP contribution in [-0.2, 0) is 10.0 Å². The van der Waals surface area contributed by atoms with E-state index in [-0.39, 0.29) is 0 Å². The quantitative estimate of drug-likeness (QED) is 0.902. The van der Waals surface area contributed by atoms with Gasteiger partial charge in [-0.15, -0.1) is 0 Å². The zero-order chi connectivity index (χ0) is 13.3. The molecule has 5 heteroatoms. The lowest BCUT2D eigenvalue weighted by Crippen LogP contribution is -2.19. The molecule has 0 aliphatic heterocycles. The Hall–Kier alpha value is -0.390. The van der Waals surface area contributed by atoms with Crippen molar-refractivity contribution in [1.29, 1.82) is 0 Å². The van der Waals surface area contributed by atoms with Crippen molar-refractivity contribution in [1.82, 2.24) is 0 Å². The maximum atomic E-state index is 11.8. The summed E-state index contributed by atoms with van der Waals surface area (Å²) in [6.07, 6.45) is 5.71. The maximum Gasteiger partial charge on any atom is 0.238 e. The lowest BCUT2D eigenvalue weighted by molar-refractivity contribution is 0.438. The largest absolute Gasteiger partial charge is 0.238 e. The molecule has 0 radical (unpaired) electrons. The molecule has 0 aromatic heterocycles. The van der Waals surface area contributed by atoms with Gasteiger partial charge in [0.1, 0.15) is 0 Å². The molecular weight excluding hydrogens is 314 g/mol. The molecule has 100 valence electrons. The van der Waals surface area contributed by atoms with Gasteiger partial charge in [-0.2, -0.15) is 0 Å². The van der Waals surface area contributed by atoms with Crippen molar-refractivity contribution in [2.24, 2.45) is 5.14 Å². The van der Waals surface area contributed by atoms with Gasteiger partial charge >= 0.3 is 0 Å². The van der Waals surface area contributed by atoms with E-state index in [4.69, 9.17) is 5.14 Å². The van der Waals surface area contributed by atoms with E-state index in [0.29, 0.717) is 10.8 Å². The van der Waals surface area contributed by atoms with E-state index < -0.39 is 10.0 Å². The molecule has 0 saturated heterocycles. The normalized spacial score (nSPS) is 17.9. The van der Waals surface area contributed by atoms with Crippen LogP contribution >= 0.6 is 15.9 Å². The Morgan fingerprint density at radius 1 is 1.22 bits per heavy atom. The molecule has 0 unspecified atom stereocenters. The maximum absolute atomic E-state index is 11.8. The average molecular weight is 332 g/mol. The minimum absolute atomic E-state index is 0.323. The fourth-order valence-electron chi connectivity index (χ4n) is 2.80. The molecule has 2 N–H and O–H groups in total. The number of rotatable bonds is 2. The molecule has 0 bridgehead atoms. The van der Waals surface area contributed by atoms with Gasteiger partial charge in [0.25, 0.3) is 0 Å². The summed E-state index contributed by atoms with van der Waals surface area (Å²) in [6.45, 7) is 1.80. The summed E-state index contributed by atoms with van der Waals surface area (Å²) < 4.78 is 24.5. The fourth-order valence-corrected chi connectivity index (χ4v) is 4.36. The minimum Gasteiger partial charge on any atom is -0.225 e. The van der Waals surface area contributed by atoms with Crippen molar-refractivity contribution in [3.63, 3.8) is 0 Å². The highest BCUT2D eigenvalue weighted by Gasteiger charge is 2.25. The molecule has 1 aliphatic carbocycles. The molecule has 18 heavy (non-hydrogen) atoms. The van der Waals surface area contributed by atoms with E-state index in [0.717, 1.165) is 28.4 Å². The predicted molar refractivity (Wildman–Crippen MR) is 76.1 cm³/mol. The van der Waals surface area contributed by atoms with Crippen LogP contribution in [0.5, 0.6) is 0 Å². The predicted octanol–water partition coefficient (Wildman–Crippen LogP) is 3.45. The van der Waals surface area contributed by atoms with Crippen molar-refractivity contribution in [3.8, 4) is 0 Å². The highest BCUT2D eigenvalue weighted by molar-refractivity contribution is 9.10. The second-order valence-electron chi connectivity index (χ2n) is 4.97. The molecule has 1 aromatic rings. The van der Waals surface area contributed by atoms with Crippen LogP contribution in [0.25, 0.3) is 0 Å². The summed E-state index contributed by atoms with van der Waals surface area (Å²) in [5.74, 6) is 0.332. The third-order valence-corrected chi connectivity index (χ3v) is 5.67. The highest BCUT2D eigenvalue weighted by Crippen LogP contribution is 2.38. The Morgan fingerprint density at radius 3 is 2.39 bits per heavy atom. The van der Waals surface area contributed by atoms with E-state index in [1.54, 1.807) is 6.92 Å². The Balaban J connectivity index is 2.56. The van der Waals surface area contributed by atoms with Gasteiger partial charge in [0, 0.05) is 4.47 Å². The summed E-state index contributed by atoms with van der Waals surface area (Å²) in [5.41, 5.74) is 1.62. The Labute approximate surface area is 117 Å². The van der Waals surface area contributed by atoms with Gasteiger partial charge in [0.05, 0.1) is 4.90 Å². The van der Waals surface area contributed by atoms with E-state index in [9.17, 15) is 8.42 Å². The first-order valence-electron chi connectivity index (χ1n) is 6.23. The SMILES string of the molecule is Cc1c(Br)ccc(C2CCCCC2)c1S(N)(=O)=O. The summed E-state index contributed by atoms with van der Waals surface area (Å²) >= 11 is 3.38. The second kappa shape index (κ2) is 5.31. The van der Waals surface area contributed by atoms with Gasteiger partial charge in [-0.3, -0.25) is 0 Å². The molecular formula is C13H18BrNO2S. The zero-order valence-electron chi connectivity index (χ0n) is 10.4. The van der Waals surface area contributed by atoms with Gasteiger partial charge < -0.3 is 0 Å². The van der Waals surface area contributed by atoms with Gasteiger partial charge in [-0.05, 0) is 42.9 Å². The first kappa shape index (κ1) is 14.0. The number of hydrogen-bond donors (Lipinski definition) is 1. The van der Waals surface area contributed by atoms with E-state index in [1.807, 2.05) is 12.1 Å². The van der Waals surface area contributed by atoms with Gasteiger partial charge in [0.15, 0.2) is 0 Å². The summed E-state index contributed by atoms with van der Waals surface area (Å²) in [6, 6.07) is 3.83. The topological polar surface area (TPSA) is 60.2 Å². The Kier molecular flexibility index (Phi) is 4.14. The van der Waals surface area contributed by atoms with Gasteiger partial charge in [0.2, 0.25) is 10.0 Å². The molecule has 2 rings (SSSR count). The van der Waals surface area contributed by atoms with E-state index >= 15 is 0 Å². The van der Waals surface area contributed by atoms with Crippen molar-refractivity contribution < 1.29 is 8.42 Å². The fraction of sp³-hybridized carbons (Fsp3) is 0.538. The van der Waals surface area contributed by atoms with Crippen LogP contribution in [-0.4, -0.2) is 8.42 Å². The van der Waals surface area contributed by atoms with Crippen LogP contribution in [0.2, 0.25) is 0 Å². The Morgan fingerprint density at radius 2 is 1.83 bits per heavy atom. The van der Waals surface area contributed by atoms with E-state index in [1.165, 1.54) is 19.3 Å². The van der Waals surface area contributed by atoms with Crippen LogP contribution in [0.4, 0.5) is 0 Å². The van der Waals surface area contributed by atoms with Gasteiger partial charge in [-0.25, -0.2) is 13.6 Å². The molecule has 0 heterocycles. The van der Waals surface area contributed by atoms with Crippen LogP contribution in [0, 0.1) is 6.92 Å². The standard InChI is InChI=1S/C13H18BrNO2S/c1-9-12(14)8-7-11(13(9)18(15,16)17)10-5-3-2-4-6-10/h7-8,10H,2-6H2,1H3,(H2,15,16,17). The van der Waals surface area contributed by atoms with Crippen LogP contribution in [0.15, 0.2) is 21.5 Å². The number of hydrogen-bond acceptors (Lipinski definition) is 2. The lowest BCUT2D eigenvalue weighted by Gasteiger charge is -2.25. The minimum atomic E-state index is -3.67. The lowest BCUT2D eigenvalue weighted by atomic mass is 9.83. The van der Waals surface area contributed by atoms with Gasteiger partial charge in [-0.1, -0.05) is 41.3 Å². The smallest absolute Gasteiger partial charge is 0.225 e. The summed E-state index contributed by atoms with van der Waals surface area (Å²) in [5, 5.41) is 5.39. The average Bonchev–Trinajstić information content (AvgIpc) is 2.32. The first-order valence-corrected chi connectivity index (χ1v) is 8.57. The number of primary sulfonamides is 1. The molecule has 0 spiro atoms. The number of sulfonamides is 1. The van der Waals surface area contributed by atoms with Crippen LogP contribution < -0.4 is 5.14 Å². The molecule has 1 saturated carbocycles.